The van der Waals surface area contributed by atoms with Gasteiger partial charge in [0.1, 0.15) is 0 Å². The Morgan fingerprint density at radius 1 is 1.07 bits per heavy atom. The summed E-state index contributed by atoms with van der Waals surface area (Å²) in [6.07, 6.45) is 4.02. The Kier molecular flexibility index (Phi) is 9.40. The third-order valence-corrected chi connectivity index (χ3v) is 4.54. The van der Waals surface area contributed by atoms with E-state index in [0.29, 0.717) is 18.1 Å². The molecule has 0 amide bonds. The van der Waals surface area contributed by atoms with Crippen LogP contribution in [0.5, 0.6) is 11.5 Å². The molecule has 0 aliphatic heterocycles. The quantitative estimate of drug-likeness (QED) is 0.468. The van der Waals surface area contributed by atoms with E-state index >= 15 is 0 Å². The molecule has 2 aromatic rings. The first-order valence-electron chi connectivity index (χ1n) is 9.83. The predicted octanol–water partition coefficient (Wildman–Crippen LogP) is 2.50. The molecule has 2 rings (SSSR count). The van der Waals surface area contributed by atoms with Gasteiger partial charge in [0.15, 0.2) is 11.5 Å². The fourth-order valence-electron chi connectivity index (χ4n) is 2.95. The number of aliphatic hydroxyl groups is 2. The van der Waals surface area contributed by atoms with Crippen molar-refractivity contribution < 1.29 is 29.4 Å². The molecule has 29 heavy (non-hydrogen) atoms. The molecular formula is C21H30BNO6. The number of methoxy groups -OCH3 is 1. The number of aliphatic hydroxyl groups excluding tert-OH is 2. The molecule has 0 aliphatic carbocycles. The predicted molar refractivity (Wildman–Crippen MR) is 112 cm³/mol. The molecule has 7 nitrogen and oxygen atoms in total. The van der Waals surface area contributed by atoms with Crippen LogP contribution in [0.15, 0.2) is 36.7 Å². The van der Waals surface area contributed by atoms with Gasteiger partial charge in [0.2, 0.25) is 0 Å². The minimum Gasteiger partial charge on any atom is -0.493 e. The summed E-state index contributed by atoms with van der Waals surface area (Å²) < 4.78 is 16.4. The zero-order valence-corrected chi connectivity index (χ0v) is 17.2. The second-order valence-electron chi connectivity index (χ2n) is 6.92. The number of hydrogen-bond donors (Lipinski definition) is 3. The average molecular weight is 403 g/mol. The summed E-state index contributed by atoms with van der Waals surface area (Å²) in [4.78, 5) is 4.30. The van der Waals surface area contributed by atoms with Gasteiger partial charge in [-0.3, -0.25) is 4.98 Å². The Labute approximate surface area is 172 Å². The lowest BCUT2D eigenvalue weighted by atomic mass is 9.75. The molecule has 0 spiro atoms. The second kappa shape index (κ2) is 11.8. The van der Waals surface area contributed by atoms with Crippen molar-refractivity contribution in [3.05, 3.63) is 42.2 Å². The maximum atomic E-state index is 10.1. The number of aromatic nitrogens is 1. The third-order valence-electron chi connectivity index (χ3n) is 4.54. The van der Waals surface area contributed by atoms with E-state index in [1.54, 1.807) is 26.4 Å². The fraction of sp³-hybridized carbons (Fsp3) is 0.476. The topological polar surface area (TPSA) is 101 Å². The Hall–Kier alpha value is -2.13. The first-order valence-corrected chi connectivity index (χ1v) is 9.83. The van der Waals surface area contributed by atoms with E-state index < -0.39 is 13.2 Å². The number of hydrogen-bond acceptors (Lipinski definition) is 7. The highest BCUT2D eigenvalue weighted by Gasteiger charge is 2.24. The largest absolute Gasteiger partial charge is 0.493 e. The van der Waals surface area contributed by atoms with Crippen LogP contribution >= 0.6 is 0 Å². The summed E-state index contributed by atoms with van der Waals surface area (Å²) in [6, 6.07) is 7.61. The highest BCUT2D eigenvalue weighted by molar-refractivity contribution is 6.43. The van der Waals surface area contributed by atoms with Gasteiger partial charge < -0.3 is 29.4 Å². The van der Waals surface area contributed by atoms with E-state index in [1.165, 1.54) is 0 Å². The van der Waals surface area contributed by atoms with Crippen molar-refractivity contribution in [1.29, 1.82) is 0 Å². The van der Waals surface area contributed by atoms with Gasteiger partial charge in [0.25, 0.3) is 0 Å². The summed E-state index contributed by atoms with van der Waals surface area (Å²) in [7, 11) is 0.514. The van der Waals surface area contributed by atoms with Gasteiger partial charge in [-0.05, 0) is 49.0 Å². The second-order valence-corrected chi connectivity index (χ2v) is 6.92. The summed E-state index contributed by atoms with van der Waals surface area (Å²) >= 11 is 0. The molecule has 0 unspecified atom stereocenters. The number of benzene rings is 1. The smallest absolute Gasteiger partial charge is 0.455 e. The molecule has 0 radical (unpaired) electrons. The number of ether oxygens (including phenoxy) is 2. The molecule has 0 bridgehead atoms. The van der Waals surface area contributed by atoms with Crippen LogP contribution in [0.1, 0.15) is 31.7 Å². The van der Waals surface area contributed by atoms with Gasteiger partial charge in [-0.1, -0.05) is 13.0 Å². The standard InChI is InChI=1S/C21H30BNO6/c1-4-7-28-21-9-16(5-6-20(21)27-3)17-8-18(12-23-11-17)19(14-25)10-22(26)29-15(2)13-24/h5-6,8-9,11-12,15,19,24-26H,4,7,10,13-14H2,1-3H3/t15-,19+/m0/s1. The summed E-state index contributed by atoms with van der Waals surface area (Å²) in [5, 5.41) is 28.9. The normalized spacial score (nSPS) is 13.0. The Balaban J connectivity index is 2.23. The summed E-state index contributed by atoms with van der Waals surface area (Å²) in [5.41, 5.74) is 2.56. The first kappa shape index (κ1) is 23.2. The van der Waals surface area contributed by atoms with Crippen molar-refractivity contribution in [2.45, 2.75) is 38.6 Å². The van der Waals surface area contributed by atoms with Crippen molar-refractivity contribution in [2.75, 3.05) is 26.9 Å². The molecule has 2 atom stereocenters. The van der Waals surface area contributed by atoms with Gasteiger partial charge in [-0.15, -0.1) is 0 Å². The van der Waals surface area contributed by atoms with Crippen molar-refractivity contribution >= 4 is 7.12 Å². The van der Waals surface area contributed by atoms with Crippen LogP contribution in [0.4, 0.5) is 0 Å². The molecule has 1 aromatic heterocycles. The maximum Gasteiger partial charge on any atom is 0.455 e. The van der Waals surface area contributed by atoms with E-state index in [-0.39, 0.29) is 25.5 Å². The molecule has 0 aliphatic rings. The minimum absolute atomic E-state index is 0.160. The molecule has 0 saturated carbocycles. The molecule has 8 heteroatoms. The van der Waals surface area contributed by atoms with Gasteiger partial charge >= 0.3 is 7.12 Å². The van der Waals surface area contributed by atoms with Gasteiger partial charge in [0, 0.05) is 30.5 Å². The summed E-state index contributed by atoms with van der Waals surface area (Å²) in [6.45, 7) is 3.96. The number of rotatable bonds is 12. The SMILES string of the molecule is CCCOc1cc(-c2cncc([C@@H](CO)CB(O)O[C@@H](C)CO)c2)ccc1OC. The van der Waals surface area contributed by atoms with Crippen molar-refractivity contribution in [3.63, 3.8) is 0 Å². The molecule has 1 aromatic carbocycles. The Morgan fingerprint density at radius 3 is 2.52 bits per heavy atom. The van der Waals surface area contributed by atoms with Crippen LogP contribution in [0.25, 0.3) is 11.1 Å². The van der Waals surface area contributed by atoms with E-state index in [4.69, 9.17) is 19.2 Å². The van der Waals surface area contributed by atoms with E-state index in [9.17, 15) is 10.1 Å². The van der Waals surface area contributed by atoms with Crippen LogP contribution in [-0.4, -0.2) is 60.4 Å². The molecule has 1 heterocycles. The van der Waals surface area contributed by atoms with Crippen LogP contribution in [0.3, 0.4) is 0 Å². The van der Waals surface area contributed by atoms with Crippen molar-refractivity contribution in [2.24, 2.45) is 0 Å². The molecule has 158 valence electrons. The lowest BCUT2D eigenvalue weighted by molar-refractivity contribution is 0.107. The zero-order chi connectivity index (χ0) is 21.2. The zero-order valence-electron chi connectivity index (χ0n) is 17.2. The van der Waals surface area contributed by atoms with Gasteiger partial charge in [0.05, 0.1) is 26.4 Å². The highest BCUT2D eigenvalue weighted by Crippen LogP contribution is 2.33. The fourth-order valence-corrected chi connectivity index (χ4v) is 2.95. The number of pyridine rings is 1. The Bertz CT molecular complexity index is 760. The number of nitrogens with zero attached hydrogens (tertiary/aromatic N) is 1. The minimum atomic E-state index is -1.09. The molecular weight excluding hydrogens is 373 g/mol. The highest BCUT2D eigenvalue weighted by atomic mass is 16.5. The van der Waals surface area contributed by atoms with Gasteiger partial charge in [-0.2, -0.15) is 0 Å². The maximum absolute atomic E-state index is 10.1. The Morgan fingerprint density at radius 2 is 1.86 bits per heavy atom. The lowest BCUT2D eigenvalue weighted by Crippen LogP contribution is -2.28. The van der Waals surface area contributed by atoms with Crippen LogP contribution in [0, 0.1) is 0 Å². The average Bonchev–Trinajstić information content (AvgIpc) is 2.75. The van der Waals surface area contributed by atoms with E-state index in [1.807, 2.05) is 31.2 Å². The van der Waals surface area contributed by atoms with E-state index in [2.05, 4.69) is 4.98 Å². The van der Waals surface area contributed by atoms with Crippen molar-refractivity contribution in [3.8, 4) is 22.6 Å². The van der Waals surface area contributed by atoms with Crippen molar-refractivity contribution in [1.82, 2.24) is 4.98 Å². The molecule has 0 saturated heterocycles. The molecule has 0 fully saturated rings. The first-order chi connectivity index (χ1) is 14.0. The monoisotopic (exact) mass is 403 g/mol. The lowest BCUT2D eigenvalue weighted by Gasteiger charge is -2.19. The van der Waals surface area contributed by atoms with Crippen LogP contribution < -0.4 is 9.47 Å². The third kappa shape index (κ3) is 6.71. The summed E-state index contributed by atoms with van der Waals surface area (Å²) in [5.74, 6) is 0.980. The van der Waals surface area contributed by atoms with Crippen LogP contribution in [0.2, 0.25) is 6.32 Å². The molecule has 3 N–H and O–H groups in total. The van der Waals surface area contributed by atoms with E-state index in [0.717, 1.165) is 23.1 Å². The van der Waals surface area contributed by atoms with Gasteiger partial charge in [-0.25, -0.2) is 0 Å². The van der Waals surface area contributed by atoms with Crippen LogP contribution in [-0.2, 0) is 4.65 Å².